The minimum atomic E-state index is -0.745. The molecular weight excluding hydrogens is 158 g/mol. The van der Waals surface area contributed by atoms with E-state index in [9.17, 15) is 4.79 Å². The quantitative estimate of drug-likeness (QED) is 0.661. The summed E-state index contributed by atoms with van der Waals surface area (Å²) in [6, 6.07) is 0. The smallest absolute Gasteiger partial charge is 0.317 e. The van der Waals surface area contributed by atoms with Crippen LogP contribution in [-0.4, -0.2) is 48.8 Å². The first-order valence-electron chi connectivity index (χ1n) is 4.19. The Morgan fingerprint density at radius 2 is 2.17 bits per heavy atom. The third-order valence-corrected chi connectivity index (χ3v) is 2.23. The minimum absolute atomic E-state index is 0.163. The number of hydrogen-bond acceptors (Lipinski definition) is 3. The van der Waals surface area contributed by atoms with Crippen molar-refractivity contribution >= 4 is 5.97 Å². The average Bonchev–Trinajstić information content (AvgIpc) is 2.05. The highest BCUT2D eigenvalue weighted by atomic mass is 16.5. The predicted molar refractivity (Wildman–Crippen MR) is 44.1 cm³/mol. The number of methoxy groups -OCH3 is 1. The lowest BCUT2D eigenvalue weighted by Gasteiger charge is -2.29. The third-order valence-electron chi connectivity index (χ3n) is 2.23. The molecule has 12 heavy (non-hydrogen) atoms. The Morgan fingerprint density at radius 3 is 2.58 bits per heavy atom. The van der Waals surface area contributed by atoms with Gasteiger partial charge in [0.05, 0.1) is 12.6 Å². The Kier molecular flexibility index (Phi) is 3.49. The molecule has 0 radical (unpaired) electrons. The van der Waals surface area contributed by atoms with Gasteiger partial charge in [-0.3, -0.25) is 9.69 Å². The van der Waals surface area contributed by atoms with Gasteiger partial charge in [-0.25, -0.2) is 0 Å². The van der Waals surface area contributed by atoms with Gasteiger partial charge in [-0.05, 0) is 12.8 Å². The third kappa shape index (κ3) is 2.79. The first-order valence-corrected chi connectivity index (χ1v) is 4.19. The fourth-order valence-electron chi connectivity index (χ4n) is 1.49. The van der Waals surface area contributed by atoms with Crippen LogP contribution < -0.4 is 0 Å². The number of ether oxygens (including phenoxy) is 1. The Balaban J connectivity index is 2.21. The molecule has 0 saturated carbocycles. The Labute approximate surface area is 72.1 Å². The molecule has 1 saturated heterocycles. The van der Waals surface area contributed by atoms with E-state index in [1.54, 1.807) is 7.11 Å². The summed E-state index contributed by atoms with van der Waals surface area (Å²) in [6.45, 7) is 1.84. The van der Waals surface area contributed by atoms with Crippen LogP contribution in [0.3, 0.4) is 0 Å². The van der Waals surface area contributed by atoms with E-state index in [4.69, 9.17) is 9.84 Å². The Morgan fingerprint density at radius 1 is 1.58 bits per heavy atom. The van der Waals surface area contributed by atoms with Crippen LogP contribution in [-0.2, 0) is 9.53 Å². The van der Waals surface area contributed by atoms with Crippen LogP contribution in [0.5, 0.6) is 0 Å². The van der Waals surface area contributed by atoms with Crippen LogP contribution in [0.1, 0.15) is 12.8 Å². The van der Waals surface area contributed by atoms with Gasteiger partial charge in [0, 0.05) is 20.2 Å². The predicted octanol–water partition coefficient (Wildman–Crippen LogP) is 0.182. The number of aliphatic carboxylic acids is 1. The lowest BCUT2D eigenvalue weighted by molar-refractivity contribution is -0.138. The molecule has 0 aromatic heterocycles. The topological polar surface area (TPSA) is 49.8 Å². The van der Waals surface area contributed by atoms with E-state index in [0.29, 0.717) is 6.10 Å². The molecule has 70 valence electrons. The van der Waals surface area contributed by atoms with Crippen LogP contribution in [0.25, 0.3) is 0 Å². The zero-order valence-electron chi connectivity index (χ0n) is 7.32. The largest absolute Gasteiger partial charge is 0.480 e. The van der Waals surface area contributed by atoms with E-state index >= 15 is 0 Å². The number of rotatable bonds is 3. The second kappa shape index (κ2) is 4.42. The summed E-state index contributed by atoms with van der Waals surface area (Å²) in [7, 11) is 1.71. The highest BCUT2D eigenvalue weighted by molar-refractivity contribution is 5.69. The molecule has 4 nitrogen and oxygen atoms in total. The zero-order chi connectivity index (χ0) is 8.97. The van der Waals surface area contributed by atoms with Crippen molar-refractivity contribution in [3.8, 4) is 0 Å². The van der Waals surface area contributed by atoms with Gasteiger partial charge in [0.1, 0.15) is 0 Å². The fraction of sp³-hybridized carbons (Fsp3) is 0.875. The number of carboxylic acid groups (broad SMARTS) is 1. The maximum Gasteiger partial charge on any atom is 0.317 e. The van der Waals surface area contributed by atoms with Crippen molar-refractivity contribution in [2.75, 3.05) is 26.7 Å². The SMILES string of the molecule is COC1CCN(CC(=O)O)CC1. The zero-order valence-corrected chi connectivity index (χ0v) is 7.32. The van der Waals surface area contributed by atoms with Crippen LogP contribution in [0, 0.1) is 0 Å². The number of nitrogens with zero attached hydrogens (tertiary/aromatic N) is 1. The van der Waals surface area contributed by atoms with Crippen LogP contribution >= 0.6 is 0 Å². The fourth-order valence-corrected chi connectivity index (χ4v) is 1.49. The van der Waals surface area contributed by atoms with Gasteiger partial charge in [0.25, 0.3) is 0 Å². The second-order valence-electron chi connectivity index (χ2n) is 3.10. The molecule has 0 atom stereocenters. The lowest BCUT2D eigenvalue weighted by atomic mass is 10.1. The molecule has 4 heteroatoms. The Bertz CT molecular complexity index is 152. The van der Waals surface area contributed by atoms with Crippen molar-refractivity contribution in [3.05, 3.63) is 0 Å². The first kappa shape index (κ1) is 9.48. The number of carbonyl (C=O) groups is 1. The molecule has 1 N–H and O–H groups in total. The Hall–Kier alpha value is -0.610. The highest BCUT2D eigenvalue weighted by Gasteiger charge is 2.19. The normalized spacial score (nSPS) is 21.1. The van der Waals surface area contributed by atoms with Crippen molar-refractivity contribution in [1.82, 2.24) is 4.90 Å². The molecule has 1 fully saturated rings. The lowest BCUT2D eigenvalue weighted by Crippen LogP contribution is -2.39. The van der Waals surface area contributed by atoms with Crippen molar-refractivity contribution in [1.29, 1.82) is 0 Å². The van der Waals surface area contributed by atoms with E-state index < -0.39 is 5.97 Å². The van der Waals surface area contributed by atoms with Gasteiger partial charge in [0.15, 0.2) is 0 Å². The number of piperidine rings is 1. The number of carboxylic acids is 1. The van der Waals surface area contributed by atoms with E-state index in [1.165, 1.54) is 0 Å². The highest BCUT2D eigenvalue weighted by Crippen LogP contribution is 2.11. The van der Waals surface area contributed by atoms with Crippen LogP contribution in [0.2, 0.25) is 0 Å². The molecule has 0 unspecified atom stereocenters. The minimum Gasteiger partial charge on any atom is -0.480 e. The number of hydrogen-bond donors (Lipinski definition) is 1. The summed E-state index contributed by atoms with van der Waals surface area (Å²) in [6.07, 6.45) is 2.23. The van der Waals surface area contributed by atoms with Gasteiger partial charge < -0.3 is 9.84 Å². The van der Waals surface area contributed by atoms with Crippen molar-refractivity contribution in [3.63, 3.8) is 0 Å². The summed E-state index contributed by atoms with van der Waals surface area (Å²) in [5, 5.41) is 8.52. The van der Waals surface area contributed by atoms with E-state index in [1.807, 2.05) is 4.90 Å². The van der Waals surface area contributed by atoms with Crippen LogP contribution in [0.4, 0.5) is 0 Å². The molecule has 1 heterocycles. The average molecular weight is 173 g/mol. The van der Waals surface area contributed by atoms with Gasteiger partial charge in [-0.15, -0.1) is 0 Å². The molecule has 1 rings (SSSR count). The molecule has 0 aromatic rings. The molecule has 0 aliphatic carbocycles. The summed E-state index contributed by atoms with van der Waals surface area (Å²) < 4.78 is 5.17. The van der Waals surface area contributed by atoms with Gasteiger partial charge in [-0.1, -0.05) is 0 Å². The summed E-state index contributed by atoms with van der Waals surface area (Å²) >= 11 is 0. The standard InChI is InChI=1S/C8H15NO3/c1-12-7-2-4-9(5-3-7)6-8(10)11/h7H,2-6H2,1H3,(H,10,11). The second-order valence-corrected chi connectivity index (χ2v) is 3.10. The molecule has 1 aliphatic rings. The molecule has 1 aliphatic heterocycles. The first-order chi connectivity index (χ1) is 5.72. The number of likely N-dealkylation sites (tertiary alicyclic amines) is 1. The summed E-state index contributed by atoms with van der Waals surface area (Å²) in [5.41, 5.74) is 0. The van der Waals surface area contributed by atoms with Crippen molar-refractivity contribution in [2.24, 2.45) is 0 Å². The van der Waals surface area contributed by atoms with Crippen molar-refractivity contribution in [2.45, 2.75) is 18.9 Å². The van der Waals surface area contributed by atoms with E-state index in [-0.39, 0.29) is 6.54 Å². The molecule has 0 amide bonds. The van der Waals surface area contributed by atoms with Gasteiger partial charge in [-0.2, -0.15) is 0 Å². The molecule has 0 bridgehead atoms. The maximum atomic E-state index is 10.3. The van der Waals surface area contributed by atoms with E-state index in [0.717, 1.165) is 25.9 Å². The molecular formula is C8H15NO3. The van der Waals surface area contributed by atoms with E-state index in [2.05, 4.69) is 0 Å². The molecule has 0 spiro atoms. The van der Waals surface area contributed by atoms with Crippen molar-refractivity contribution < 1.29 is 14.6 Å². The maximum absolute atomic E-state index is 10.3. The molecule has 0 aromatic carbocycles. The monoisotopic (exact) mass is 173 g/mol. The summed E-state index contributed by atoms with van der Waals surface area (Å²) in [5.74, 6) is -0.745. The van der Waals surface area contributed by atoms with Crippen LogP contribution in [0.15, 0.2) is 0 Å². The summed E-state index contributed by atoms with van der Waals surface area (Å²) in [4.78, 5) is 12.3. The van der Waals surface area contributed by atoms with Gasteiger partial charge >= 0.3 is 5.97 Å². The van der Waals surface area contributed by atoms with Gasteiger partial charge in [0.2, 0.25) is 0 Å².